The second-order valence-corrected chi connectivity index (χ2v) is 4.12. The number of ether oxygens (including phenoxy) is 1. The van der Waals surface area contributed by atoms with Gasteiger partial charge < -0.3 is 25.8 Å². The maximum Gasteiger partial charge on any atom is 0.108 e. The molecule has 0 amide bonds. The summed E-state index contributed by atoms with van der Waals surface area (Å²) in [5.41, 5.74) is 5.62. The molecule has 0 aliphatic carbocycles. The molecule has 0 spiro atoms. The normalized spacial score (nSPS) is 44.4. The number of aliphatic hydroxyl groups is 3. The molecule has 0 radical (unpaired) electrons. The van der Waals surface area contributed by atoms with Crippen LogP contribution in [0.4, 0.5) is 0 Å². The van der Waals surface area contributed by atoms with Crippen molar-refractivity contribution in [3.63, 3.8) is 0 Å². The van der Waals surface area contributed by atoms with E-state index in [4.69, 9.17) is 15.6 Å². The molecule has 0 saturated carbocycles. The molecule has 5 N–H and O–H groups in total. The molecule has 1 rings (SSSR count). The standard InChI is InChI=1S/C9H19NO4/c1-4(2)9-8(13)6(10)7(12)5(3-11)14-9/h4-9,11-13H,3,10H2,1-2H3/t5?,6-,7-,8?,9-/m0/s1. The van der Waals surface area contributed by atoms with Crippen molar-refractivity contribution in [3.8, 4) is 0 Å². The molecule has 0 bridgehead atoms. The highest BCUT2D eigenvalue weighted by Crippen LogP contribution is 2.24. The highest BCUT2D eigenvalue weighted by molar-refractivity contribution is 4.95. The maximum absolute atomic E-state index is 9.70. The molecule has 2 unspecified atom stereocenters. The van der Waals surface area contributed by atoms with Gasteiger partial charge in [-0.3, -0.25) is 0 Å². The van der Waals surface area contributed by atoms with Gasteiger partial charge >= 0.3 is 0 Å². The minimum absolute atomic E-state index is 0.0950. The van der Waals surface area contributed by atoms with Crippen molar-refractivity contribution in [2.75, 3.05) is 6.61 Å². The minimum Gasteiger partial charge on any atom is -0.394 e. The first-order valence-corrected chi connectivity index (χ1v) is 4.87. The molecule has 1 fully saturated rings. The van der Waals surface area contributed by atoms with Gasteiger partial charge in [0, 0.05) is 0 Å². The molecular weight excluding hydrogens is 186 g/mol. The Hall–Kier alpha value is -0.200. The van der Waals surface area contributed by atoms with Gasteiger partial charge in [0.2, 0.25) is 0 Å². The Morgan fingerprint density at radius 3 is 2.29 bits per heavy atom. The Morgan fingerprint density at radius 2 is 1.86 bits per heavy atom. The van der Waals surface area contributed by atoms with Crippen molar-refractivity contribution >= 4 is 0 Å². The number of aliphatic hydroxyl groups excluding tert-OH is 3. The van der Waals surface area contributed by atoms with Crippen molar-refractivity contribution in [1.82, 2.24) is 0 Å². The lowest BCUT2D eigenvalue weighted by Gasteiger charge is -2.42. The highest BCUT2D eigenvalue weighted by atomic mass is 16.5. The Balaban J connectivity index is 2.73. The summed E-state index contributed by atoms with van der Waals surface area (Å²) in [6.45, 7) is 3.50. The van der Waals surface area contributed by atoms with Gasteiger partial charge in [-0.2, -0.15) is 0 Å². The maximum atomic E-state index is 9.70. The molecule has 0 aromatic carbocycles. The van der Waals surface area contributed by atoms with Crippen molar-refractivity contribution < 1.29 is 20.1 Å². The Kier molecular flexibility index (Phi) is 3.86. The van der Waals surface area contributed by atoms with Crippen LogP contribution in [0.15, 0.2) is 0 Å². The lowest BCUT2D eigenvalue weighted by molar-refractivity contribution is -0.200. The van der Waals surface area contributed by atoms with E-state index in [1.165, 1.54) is 0 Å². The van der Waals surface area contributed by atoms with Crippen LogP contribution < -0.4 is 5.73 Å². The van der Waals surface area contributed by atoms with Crippen LogP contribution in [-0.4, -0.2) is 52.4 Å². The van der Waals surface area contributed by atoms with Crippen LogP contribution in [-0.2, 0) is 4.74 Å². The third-order valence-corrected chi connectivity index (χ3v) is 2.68. The van der Waals surface area contributed by atoms with Crippen LogP contribution >= 0.6 is 0 Å². The second kappa shape index (κ2) is 4.55. The zero-order valence-electron chi connectivity index (χ0n) is 8.50. The number of hydrogen-bond acceptors (Lipinski definition) is 5. The first-order chi connectivity index (χ1) is 6.49. The quantitative estimate of drug-likeness (QED) is 0.438. The molecule has 5 atom stereocenters. The van der Waals surface area contributed by atoms with E-state index >= 15 is 0 Å². The summed E-state index contributed by atoms with van der Waals surface area (Å²) in [5.74, 6) is 0.0950. The van der Waals surface area contributed by atoms with Gasteiger partial charge in [-0.1, -0.05) is 13.8 Å². The van der Waals surface area contributed by atoms with E-state index < -0.39 is 30.5 Å². The van der Waals surface area contributed by atoms with E-state index in [-0.39, 0.29) is 12.5 Å². The van der Waals surface area contributed by atoms with Crippen LogP contribution in [0.25, 0.3) is 0 Å². The molecule has 1 aliphatic rings. The summed E-state index contributed by atoms with van der Waals surface area (Å²) in [4.78, 5) is 0. The van der Waals surface area contributed by atoms with Gasteiger partial charge in [0.05, 0.1) is 24.9 Å². The molecule has 1 heterocycles. The summed E-state index contributed by atoms with van der Waals surface area (Å²) in [7, 11) is 0. The van der Waals surface area contributed by atoms with Crippen LogP contribution in [0.5, 0.6) is 0 Å². The first kappa shape index (κ1) is 11.9. The van der Waals surface area contributed by atoms with Gasteiger partial charge in [0.15, 0.2) is 0 Å². The molecule has 84 valence electrons. The summed E-state index contributed by atoms with van der Waals surface area (Å²) in [6, 6.07) is -0.756. The van der Waals surface area contributed by atoms with E-state index in [2.05, 4.69) is 0 Å². The Bertz CT molecular complexity index is 186. The largest absolute Gasteiger partial charge is 0.394 e. The van der Waals surface area contributed by atoms with Crippen molar-refractivity contribution in [2.24, 2.45) is 11.7 Å². The number of rotatable bonds is 2. The van der Waals surface area contributed by atoms with Gasteiger partial charge in [-0.25, -0.2) is 0 Å². The first-order valence-electron chi connectivity index (χ1n) is 4.87. The summed E-state index contributed by atoms with van der Waals surface area (Å²) in [5, 5.41) is 28.2. The fraction of sp³-hybridized carbons (Fsp3) is 1.00. The van der Waals surface area contributed by atoms with Crippen LogP contribution in [0.1, 0.15) is 13.8 Å². The number of nitrogens with two attached hydrogens (primary N) is 1. The van der Waals surface area contributed by atoms with Crippen LogP contribution in [0.2, 0.25) is 0 Å². The zero-order valence-corrected chi connectivity index (χ0v) is 8.50. The predicted octanol–water partition coefficient (Wildman–Crippen LogP) is -1.55. The third kappa shape index (κ3) is 2.07. The van der Waals surface area contributed by atoms with E-state index in [9.17, 15) is 10.2 Å². The van der Waals surface area contributed by atoms with E-state index in [0.717, 1.165) is 0 Å². The third-order valence-electron chi connectivity index (χ3n) is 2.68. The predicted molar refractivity (Wildman–Crippen MR) is 50.6 cm³/mol. The van der Waals surface area contributed by atoms with Crippen molar-refractivity contribution in [1.29, 1.82) is 0 Å². The molecule has 14 heavy (non-hydrogen) atoms. The lowest BCUT2D eigenvalue weighted by atomic mass is 9.88. The minimum atomic E-state index is -1.01. The monoisotopic (exact) mass is 205 g/mol. The van der Waals surface area contributed by atoms with Crippen molar-refractivity contribution in [2.45, 2.75) is 44.3 Å². The smallest absolute Gasteiger partial charge is 0.108 e. The average molecular weight is 205 g/mol. The fourth-order valence-electron chi connectivity index (χ4n) is 1.73. The molecule has 0 aromatic heterocycles. The molecular formula is C9H19NO4. The van der Waals surface area contributed by atoms with Gasteiger partial charge in [0.25, 0.3) is 0 Å². The van der Waals surface area contributed by atoms with Crippen LogP contribution in [0, 0.1) is 5.92 Å². The molecule has 1 saturated heterocycles. The highest BCUT2D eigenvalue weighted by Gasteiger charge is 2.43. The molecule has 1 aliphatic heterocycles. The topological polar surface area (TPSA) is 95.9 Å². The van der Waals surface area contributed by atoms with Gasteiger partial charge in [-0.05, 0) is 5.92 Å². The lowest BCUT2D eigenvalue weighted by Crippen LogP contribution is -2.63. The Morgan fingerprint density at radius 1 is 1.29 bits per heavy atom. The van der Waals surface area contributed by atoms with Gasteiger partial charge in [-0.15, -0.1) is 0 Å². The second-order valence-electron chi connectivity index (χ2n) is 4.12. The van der Waals surface area contributed by atoms with Gasteiger partial charge in [0.1, 0.15) is 12.2 Å². The Labute approximate surface area is 83.5 Å². The number of hydrogen-bond donors (Lipinski definition) is 4. The molecule has 5 nitrogen and oxygen atoms in total. The van der Waals surface area contributed by atoms with E-state index in [0.29, 0.717) is 0 Å². The average Bonchev–Trinajstić information content (AvgIpc) is 2.14. The van der Waals surface area contributed by atoms with E-state index in [1.54, 1.807) is 0 Å². The van der Waals surface area contributed by atoms with E-state index in [1.807, 2.05) is 13.8 Å². The zero-order chi connectivity index (χ0) is 10.9. The molecule has 0 aromatic rings. The van der Waals surface area contributed by atoms with Crippen molar-refractivity contribution in [3.05, 3.63) is 0 Å². The summed E-state index contributed by atoms with van der Waals surface area (Å²) in [6.07, 6.45) is -3.01. The molecule has 5 heteroatoms. The van der Waals surface area contributed by atoms with Crippen LogP contribution in [0.3, 0.4) is 0 Å². The summed E-state index contributed by atoms with van der Waals surface area (Å²) >= 11 is 0. The summed E-state index contributed by atoms with van der Waals surface area (Å²) < 4.78 is 5.36. The fourth-order valence-corrected chi connectivity index (χ4v) is 1.73. The SMILES string of the molecule is CC(C)[C@@H]1OC(CO)[C@H](O)[C@H](N)C1O.